The lowest BCUT2D eigenvalue weighted by atomic mass is 10.00. The van der Waals surface area contributed by atoms with E-state index in [9.17, 15) is 4.79 Å². The van der Waals surface area contributed by atoms with Crippen molar-refractivity contribution >= 4 is 28.4 Å². The van der Waals surface area contributed by atoms with Crippen LogP contribution in [-0.4, -0.2) is 40.6 Å². The Balaban J connectivity index is 1.32. The van der Waals surface area contributed by atoms with Crippen molar-refractivity contribution < 1.29 is 4.79 Å². The molecule has 1 unspecified atom stereocenters. The highest BCUT2D eigenvalue weighted by Crippen LogP contribution is 2.27. The number of carbonyl (C=O) groups is 1. The molecular formula is C32H25ClN4O. The summed E-state index contributed by atoms with van der Waals surface area (Å²) in [6.07, 6.45) is 0. The Hall–Kier alpha value is -4.37. The number of nitrogens with zero attached hydrogens (tertiary/aromatic N) is 2. The van der Waals surface area contributed by atoms with Crippen LogP contribution in [-0.2, 0) is 0 Å². The normalized spacial score (nSPS) is 15.2. The molecule has 0 saturated carbocycles. The quantitative estimate of drug-likeness (QED) is 0.286. The largest absolute Gasteiger partial charge is 0.329 e. The molecule has 4 aromatic carbocycles. The Morgan fingerprint density at radius 1 is 0.921 bits per heavy atom. The summed E-state index contributed by atoms with van der Waals surface area (Å²) in [5, 5.41) is 12.4. The van der Waals surface area contributed by atoms with Gasteiger partial charge in [-0.1, -0.05) is 78.2 Å². The highest BCUT2D eigenvalue weighted by atomic mass is 35.5. The monoisotopic (exact) mass is 516 g/mol. The molecule has 0 spiro atoms. The van der Waals surface area contributed by atoms with E-state index < -0.39 is 0 Å². The van der Waals surface area contributed by atoms with Crippen LogP contribution in [0.1, 0.15) is 33.2 Å². The molecule has 2 N–H and O–H groups in total. The Labute approximate surface area is 226 Å². The number of H-pyrrole nitrogens is 1. The molecule has 0 radical (unpaired) electrons. The van der Waals surface area contributed by atoms with Gasteiger partial charge in [0.15, 0.2) is 0 Å². The summed E-state index contributed by atoms with van der Waals surface area (Å²) >= 11 is 6.09. The minimum absolute atomic E-state index is 0.0112. The Kier molecular flexibility index (Phi) is 6.66. The maximum atomic E-state index is 13.7. The number of hydrogen-bond acceptors (Lipinski definition) is 3. The van der Waals surface area contributed by atoms with Crippen molar-refractivity contribution in [1.29, 1.82) is 0 Å². The number of halogens is 1. The fourth-order valence-electron chi connectivity index (χ4n) is 4.93. The van der Waals surface area contributed by atoms with Crippen molar-refractivity contribution in [3.63, 3.8) is 0 Å². The van der Waals surface area contributed by atoms with E-state index in [0.717, 1.165) is 39.7 Å². The van der Waals surface area contributed by atoms with Gasteiger partial charge < -0.3 is 10.2 Å². The predicted molar refractivity (Wildman–Crippen MR) is 152 cm³/mol. The second-order valence-corrected chi connectivity index (χ2v) is 9.70. The fraction of sp³-hybridized carbons (Fsp3) is 0.125. The van der Waals surface area contributed by atoms with E-state index in [4.69, 9.17) is 11.6 Å². The molecule has 1 amide bonds. The molecule has 1 aliphatic rings. The molecule has 1 fully saturated rings. The van der Waals surface area contributed by atoms with Gasteiger partial charge in [0.1, 0.15) is 5.69 Å². The lowest BCUT2D eigenvalue weighted by molar-refractivity contribution is 0.0634. The summed E-state index contributed by atoms with van der Waals surface area (Å²) in [6.45, 7) is 2.07. The van der Waals surface area contributed by atoms with E-state index in [0.29, 0.717) is 29.4 Å². The van der Waals surface area contributed by atoms with Crippen molar-refractivity contribution in [1.82, 2.24) is 20.4 Å². The van der Waals surface area contributed by atoms with Gasteiger partial charge in [-0.25, -0.2) is 0 Å². The minimum Gasteiger partial charge on any atom is -0.329 e. The van der Waals surface area contributed by atoms with Crippen molar-refractivity contribution in [2.45, 2.75) is 6.04 Å². The molecule has 5 aromatic rings. The van der Waals surface area contributed by atoms with Gasteiger partial charge in [-0.05, 0) is 59.0 Å². The third kappa shape index (κ3) is 4.80. The van der Waals surface area contributed by atoms with Crippen LogP contribution in [0.25, 0.3) is 22.0 Å². The van der Waals surface area contributed by atoms with Crippen LogP contribution in [0.4, 0.5) is 0 Å². The van der Waals surface area contributed by atoms with Crippen LogP contribution in [0.2, 0.25) is 5.02 Å². The zero-order valence-electron chi connectivity index (χ0n) is 20.6. The number of aromatic nitrogens is 2. The number of piperazine rings is 1. The highest BCUT2D eigenvalue weighted by molar-refractivity contribution is 6.30. The summed E-state index contributed by atoms with van der Waals surface area (Å²) in [6, 6.07) is 31.6. The van der Waals surface area contributed by atoms with E-state index >= 15 is 0 Å². The smallest absolute Gasteiger partial charge is 0.254 e. The maximum absolute atomic E-state index is 13.7. The van der Waals surface area contributed by atoms with Gasteiger partial charge in [0, 0.05) is 41.2 Å². The lowest BCUT2D eigenvalue weighted by Crippen LogP contribution is -2.48. The third-order valence-electron chi connectivity index (χ3n) is 6.90. The molecule has 1 atom stereocenters. The standard InChI is InChI=1S/C32H25ClN4O/c33-26-14-10-24(11-15-26)31-21-34-18-19-37(31)32(38)25-13-17-30-28(20-25)29(35-36-30)16-12-23-8-4-5-9-27(23)22-6-2-1-3-7-22/h1-11,13-15,17,20,31,34H,18-19,21H2,(H,35,36). The highest BCUT2D eigenvalue weighted by Gasteiger charge is 2.29. The molecule has 1 aliphatic heterocycles. The number of carbonyl (C=O) groups excluding carboxylic acids is 1. The number of fused-ring (bicyclic) bond motifs is 1. The Bertz CT molecular complexity index is 1670. The summed E-state index contributed by atoms with van der Waals surface area (Å²) in [5.41, 5.74) is 6.25. The number of benzene rings is 4. The predicted octanol–water partition coefficient (Wildman–Crippen LogP) is 6.07. The molecule has 0 aliphatic carbocycles. The molecular weight excluding hydrogens is 492 g/mol. The molecule has 1 aromatic heterocycles. The van der Waals surface area contributed by atoms with Crippen LogP contribution >= 0.6 is 11.6 Å². The molecule has 6 heteroatoms. The first kappa shape index (κ1) is 24.0. The zero-order chi connectivity index (χ0) is 25.9. The summed E-state index contributed by atoms with van der Waals surface area (Å²) in [7, 11) is 0. The van der Waals surface area contributed by atoms with E-state index in [2.05, 4.69) is 45.6 Å². The number of hydrogen-bond donors (Lipinski definition) is 2. The molecule has 0 bridgehead atoms. The molecule has 6 rings (SSSR count). The minimum atomic E-state index is -0.0673. The number of nitrogens with one attached hydrogen (secondary N) is 2. The molecule has 5 nitrogen and oxygen atoms in total. The van der Waals surface area contributed by atoms with Crippen molar-refractivity contribution in [2.75, 3.05) is 19.6 Å². The van der Waals surface area contributed by atoms with Crippen LogP contribution in [0.3, 0.4) is 0 Å². The van der Waals surface area contributed by atoms with Gasteiger partial charge in [0.2, 0.25) is 0 Å². The second kappa shape index (κ2) is 10.5. The fourth-order valence-corrected chi connectivity index (χ4v) is 5.05. The maximum Gasteiger partial charge on any atom is 0.254 e. The Morgan fingerprint density at radius 3 is 2.55 bits per heavy atom. The number of aromatic amines is 1. The van der Waals surface area contributed by atoms with Gasteiger partial charge in [-0.2, -0.15) is 5.10 Å². The SMILES string of the molecule is O=C(c1ccc2[nH]nc(C#Cc3ccccc3-c3ccccc3)c2c1)N1CCNCC1c1ccc(Cl)cc1. The average molecular weight is 517 g/mol. The van der Waals surface area contributed by atoms with Crippen molar-refractivity contribution in [3.8, 4) is 23.0 Å². The van der Waals surface area contributed by atoms with Gasteiger partial charge in [-0.3, -0.25) is 9.89 Å². The second-order valence-electron chi connectivity index (χ2n) is 9.26. The molecule has 2 heterocycles. The van der Waals surface area contributed by atoms with Crippen LogP contribution in [0.5, 0.6) is 0 Å². The van der Waals surface area contributed by atoms with Crippen LogP contribution in [0, 0.1) is 11.8 Å². The Morgan fingerprint density at radius 2 is 1.71 bits per heavy atom. The topological polar surface area (TPSA) is 61.0 Å². The summed E-state index contributed by atoms with van der Waals surface area (Å²) in [5.74, 6) is 6.53. The van der Waals surface area contributed by atoms with Crippen molar-refractivity contribution in [2.24, 2.45) is 0 Å². The summed E-state index contributed by atoms with van der Waals surface area (Å²) < 4.78 is 0. The first-order chi connectivity index (χ1) is 18.7. The molecule has 38 heavy (non-hydrogen) atoms. The van der Waals surface area contributed by atoms with Gasteiger partial charge in [-0.15, -0.1) is 0 Å². The van der Waals surface area contributed by atoms with E-state index in [1.165, 1.54) is 0 Å². The average Bonchev–Trinajstić information content (AvgIpc) is 3.39. The van der Waals surface area contributed by atoms with Gasteiger partial charge >= 0.3 is 0 Å². The number of amides is 1. The first-order valence-electron chi connectivity index (χ1n) is 12.6. The molecule has 186 valence electrons. The van der Waals surface area contributed by atoms with Crippen molar-refractivity contribution in [3.05, 3.63) is 124 Å². The number of rotatable bonds is 3. The van der Waals surface area contributed by atoms with E-state index in [1.807, 2.05) is 83.8 Å². The van der Waals surface area contributed by atoms with Gasteiger partial charge in [0.25, 0.3) is 5.91 Å². The van der Waals surface area contributed by atoms with E-state index in [1.54, 1.807) is 0 Å². The lowest BCUT2D eigenvalue weighted by Gasteiger charge is -2.36. The summed E-state index contributed by atoms with van der Waals surface area (Å²) in [4.78, 5) is 15.6. The third-order valence-corrected chi connectivity index (χ3v) is 7.15. The van der Waals surface area contributed by atoms with Crippen LogP contribution < -0.4 is 5.32 Å². The van der Waals surface area contributed by atoms with Gasteiger partial charge in [0.05, 0.1) is 11.6 Å². The zero-order valence-corrected chi connectivity index (χ0v) is 21.4. The first-order valence-corrected chi connectivity index (χ1v) is 13.0. The van der Waals surface area contributed by atoms with Crippen LogP contribution in [0.15, 0.2) is 97.1 Å². The van der Waals surface area contributed by atoms with E-state index in [-0.39, 0.29) is 11.9 Å². The molecule has 1 saturated heterocycles.